The first-order valence-electron chi connectivity index (χ1n) is 8.75. The van der Waals surface area contributed by atoms with E-state index in [2.05, 4.69) is 43.7 Å². The van der Waals surface area contributed by atoms with E-state index < -0.39 is 0 Å². The normalized spacial score (nSPS) is 24.8. The molecular formula is C17H29BN2O2. The second-order valence-electron chi connectivity index (χ2n) is 7.92. The molecule has 2 aliphatic rings. The van der Waals surface area contributed by atoms with E-state index in [1.54, 1.807) is 0 Å². The molecule has 22 heavy (non-hydrogen) atoms. The quantitative estimate of drug-likeness (QED) is 0.802. The predicted molar refractivity (Wildman–Crippen MR) is 89.1 cm³/mol. The summed E-state index contributed by atoms with van der Waals surface area (Å²) in [7, 11) is -0.298. The predicted octanol–water partition coefficient (Wildman–Crippen LogP) is 3.15. The molecule has 3 rings (SSSR count). The van der Waals surface area contributed by atoms with Crippen LogP contribution in [0.1, 0.15) is 66.2 Å². The monoisotopic (exact) mass is 304 g/mol. The lowest BCUT2D eigenvalue weighted by molar-refractivity contribution is 0.00578. The third kappa shape index (κ3) is 3.25. The van der Waals surface area contributed by atoms with E-state index in [1.807, 2.05) is 6.20 Å². The molecule has 0 N–H and O–H groups in total. The van der Waals surface area contributed by atoms with E-state index in [0.29, 0.717) is 0 Å². The highest BCUT2D eigenvalue weighted by Crippen LogP contribution is 2.36. The molecule has 4 nitrogen and oxygen atoms in total. The summed E-state index contributed by atoms with van der Waals surface area (Å²) in [5, 5.41) is 4.50. The van der Waals surface area contributed by atoms with E-state index in [0.717, 1.165) is 17.9 Å². The van der Waals surface area contributed by atoms with E-state index in [1.165, 1.54) is 38.5 Å². The average Bonchev–Trinajstić information content (AvgIpc) is 3.01. The molecule has 0 atom stereocenters. The number of hydrogen-bond acceptors (Lipinski definition) is 3. The Hall–Kier alpha value is -0.805. The van der Waals surface area contributed by atoms with Gasteiger partial charge in [-0.2, -0.15) is 5.10 Å². The Bertz CT molecular complexity index is 491. The summed E-state index contributed by atoms with van der Waals surface area (Å²) in [5.74, 6) is 0.887. The molecule has 122 valence electrons. The molecular weight excluding hydrogens is 275 g/mol. The highest BCUT2D eigenvalue weighted by Gasteiger charge is 2.52. The lowest BCUT2D eigenvalue weighted by atomic mass is 9.82. The highest BCUT2D eigenvalue weighted by molar-refractivity contribution is 6.61. The zero-order valence-corrected chi connectivity index (χ0v) is 14.5. The van der Waals surface area contributed by atoms with Crippen LogP contribution in [0.4, 0.5) is 0 Å². The fourth-order valence-corrected chi connectivity index (χ4v) is 3.39. The number of nitrogens with zero attached hydrogens (tertiary/aromatic N) is 2. The van der Waals surface area contributed by atoms with E-state index in [9.17, 15) is 0 Å². The van der Waals surface area contributed by atoms with Gasteiger partial charge in [-0.1, -0.05) is 32.1 Å². The van der Waals surface area contributed by atoms with Gasteiger partial charge in [0.1, 0.15) is 0 Å². The fourth-order valence-electron chi connectivity index (χ4n) is 3.39. The fraction of sp³-hybridized carbons (Fsp3) is 0.824. The van der Waals surface area contributed by atoms with Crippen molar-refractivity contribution in [3.63, 3.8) is 0 Å². The zero-order chi connectivity index (χ0) is 15.8. The Balaban J connectivity index is 1.57. The van der Waals surface area contributed by atoms with Gasteiger partial charge in [-0.3, -0.25) is 4.68 Å². The molecule has 1 saturated heterocycles. The standard InChI is InChI=1S/C17H29BN2O2/c1-16(2)17(3,4)22-18(21-16)15-12-19-20(13-15)11-10-14-8-6-5-7-9-14/h12-14H,5-11H2,1-4H3. The Morgan fingerprint density at radius 1 is 1.14 bits per heavy atom. The van der Waals surface area contributed by atoms with E-state index >= 15 is 0 Å². The van der Waals surface area contributed by atoms with Gasteiger partial charge in [0.15, 0.2) is 0 Å². The van der Waals surface area contributed by atoms with Crippen molar-refractivity contribution in [2.24, 2.45) is 5.92 Å². The summed E-state index contributed by atoms with van der Waals surface area (Å²) < 4.78 is 14.2. The first-order chi connectivity index (χ1) is 10.4. The third-order valence-corrected chi connectivity index (χ3v) is 5.67. The lowest BCUT2D eigenvalue weighted by Gasteiger charge is -2.32. The third-order valence-electron chi connectivity index (χ3n) is 5.67. The Kier molecular flexibility index (Phi) is 4.39. The number of aryl methyl sites for hydroxylation is 1. The summed E-state index contributed by atoms with van der Waals surface area (Å²) >= 11 is 0. The average molecular weight is 304 g/mol. The Labute approximate surface area is 134 Å². The van der Waals surface area contributed by atoms with Gasteiger partial charge in [-0.05, 0) is 40.0 Å². The van der Waals surface area contributed by atoms with Gasteiger partial charge in [0, 0.05) is 24.4 Å². The maximum atomic E-state index is 6.08. The lowest BCUT2D eigenvalue weighted by Crippen LogP contribution is -2.41. The molecule has 2 fully saturated rings. The first kappa shape index (κ1) is 16.1. The molecule has 0 amide bonds. The molecule has 0 radical (unpaired) electrons. The summed E-state index contributed by atoms with van der Waals surface area (Å²) in [6.45, 7) is 9.34. The molecule has 1 aliphatic carbocycles. The number of rotatable bonds is 4. The van der Waals surface area contributed by atoms with Crippen LogP contribution in [-0.2, 0) is 15.9 Å². The van der Waals surface area contributed by atoms with Crippen molar-refractivity contribution in [3.05, 3.63) is 12.4 Å². The van der Waals surface area contributed by atoms with E-state index in [4.69, 9.17) is 9.31 Å². The molecule has 0 spiro atoms. The highest BCUT2D eigenvalue weighted by atomic mass is 16.7. The second kappa shape index (κ2) is 6.01. The van der Waals surface area contributed by atoms with Crippen molar-refractivity contribution in [2.75, 3.05) is 0 Å². The van der Waals surface area contributed by atoms with Crippen LogP contribution in [0.2, 0.25) is 0 Å². The minimum Gasteiger partial charge on any atom is -0.399 e. The second-order valence-corrected chi connectivity index (χ2v) is 7.92. The minimum absolute atomic E-state index is 0.290. The smallest absolute Gasteiger partial charge is 0.399 e. The molecule has 0 bridgehead atoms. The Morgan fingerprint density at radius 2 is 1.77 bits per heavy atom. The van der Waals surface area contributed by atoms with Crippen molar-refractivity contribution in [3.8, 4) is 0 Å². The largest absolute Gasteiger partial charge is 0.498 e. The SMILES string of the molecule is CC1(C)OB(c2cnn(CCC3CCCCC3)c2)OC1(C)C. The summed E-state index contributed by atoms with van der Waals surface area (Å²) in [6, 6.07) is 0. The van der Waals surface area contributed by atoms with Gasteiger partial charge in [0.2, 0.25) is 0 Å². The van der Waals surface area contributed by atoms with E-state index in [-0.39, 0.29) is 18.3 Å². The maximum Gasteiger partial charge on any atom is 0.498 e. The van der Waals surface area contributed by atoms with Crippen LogP contribution in [-0.4, -0.2) is 28.1 Å². The van der Waals surface area contributed by atoms with Crippen molar-refractivity contribution >= 4 is 12.6 Å². The van der Waals surface area contributed by atoms with Gasteiger partial charge in [-0.25, -0.2) is 0 Å². The zero-order valence-electron chi connectivity index (χ0n) is 14.5. The van der Waals surface area contributed by atoms with Crippen LogP contribution in [0, 0.1) is 5.92 Å². The molecule has 1 aromatic rings. The molecule has 1 aromatic heterocycles. The van der Waals surface area contributed by atoms with Crippen LogP contribution in [0.25, 0.3) is 0 Å². The summed E-state index contributed by atoms with van der Waals surface area (Å²) in [5.41, 5.74) is 0.450. The Morgan fingerprint density at radius 3 is 2.41 bits per heavy atom. The van der Waals surface area contributed by atoms with Crippen molar-refractivity contribution in [1.82, 2.24) is 9.78 Å². The number of aromatic nitrogens is 2. The van der Waals surface area contributed by atoms with Crippen molar-refractivity contribution in [2.45, 2.75) is 84.0 Å². The minimum atomic E-state index is -0.298. The maximum absolute atomic E-state index is 6.08. The van der Waals surface area contributed by atoms with Crippen molar-refractivity contribution < 1.29 is 9.31 Å². The number of hydrogen-bond donors (Lipinski definition) is 0. The van der Waals surface area contributed by atoms with Gasteiger partial charge >= 0.3 is 7.12 Å². The van der Waals surface area contributed by atoms with Crippen LogP contribution in [0.5, 0.6) is 0 Å². The molecule has 5 heteroatoms. The first-order valence-corrected chi connectivity index (χ1v) is 8.75. The van der Waals surface area contributed by atoms with Gasteiger partial charge in [0.25, 0.3) is 0 Å². The van der Waals surface area contributed by atoms with Gasteiger partial charge in [0.05, 0.1) is 11.2 Å². The van der Waals surface area contributed by atoms with Crippen LogP contribution in [0.3, 0.4) is 0 Å². The molecule has 1 aliphatic heterocycles. The molecule has 2 heterocycles. The van der Waals surface area contributed by atoms with Gasteiger partial charge in [-0.15, -0.1) is 0 Å². The summed E-state index contributed by atoms with van der Waals surface area (Å²) in [6.07, 6.45) is 12.2. The van der Waals surface area contributed by atoms with Crippen LogP contribution in [0.15, 0.2) is 12.4 Å². The van der Waals surface area contributed by atoms with Crippen molar-refractivity contribution in [1.29, 1.82) is 0 Å². The van der Waals surface area contributed by atoms with Crippen LogP contribution < -0.4 is 5.46 Å². The molecule has 1 saturated carbocycles. The summed E-state index contributed by atoms with van der Waals surface area (Å²) in [4.78, 5) is 0. The van der Waals surface area contributed by atoms with Gasteiger partial charge < -0.3 is 9.31 Å². The molecule has 0 aromatic carbocycles. The van der Waals surface area contributed by atoms with Crippen LogP contribution >= 0.6 is 0 Å². The topological polar surface area (TPSA) is 36.3 Å². The molecule has 0 unspecified atom stereocenters.